The Balaban J connectivity index is 5.35. The Kier molecular flexibility index (Phi) is 21.1. The van der Waals surface area contributed by atoms with Gasteiger partial charge in [-0.15, -0.1) is 0 Å². The van der Waals surface area contributed by atoms with Crippen molar-refractivity contribution >= 4 is 29.8 Å². The van der Waals surface area contributed by atoms with E-state index in [1.807, 2.05) is 13.8 Å². The number of rotatable bonds is 21. The number of hydrogen-bond acceptors (Lipinski definition) is 10. The number of methoxy groups -OCH3 is 1. The third-order valence-corrected chi connectivity index (χ3v) is 5.26. The Bertz CT molecular complexity index is 797. The van der Waals surface area contributed by atoms with Gasteiger partial charge in [0.05, 0.1) is 33.5 Å². The molecule has 216 valence electrons. The Hall–Kier alpha value is -3.17. The molecule has 0 rings (SSSR count). The summed E-state index contributed by atoms with van der Waals surface area (Å²) < 4.78 is 25.3. The van der Waals surface area contributed by atoms with Crippen LogP contribution in [-0.4, -0.2) is 63.4 Å². The van der Waals surface area contributed by atoms with Gasteiger partial charge < -0.3 is 23.7 Å². The van der Waals surface area contributed by atoms with E-state index < -0.39 is 29.8 Å². The second kappa shape index (κ2) is 23.0. The fourth-order valence-corrected chi connectivity index (χ4v) is 3.20. The first kappa shape index (κ1) is 34.8. The van der Waals surface area contributed by atoms with Crippen LogP contribution >= 0.6 is 0 Å². The summed E-state index contributed by atoms with van der Waals surface area (Å²) in [4.78, 5) is 60.4. The number of carbonyl (C=O) groups excluding carboxylic acids is 5. The number of carbonyl (C=O) groups is 5. The van der Waals surface area contributed by atoms with Crippen molar-refractivity contribution in [3.05, 3.63) is 23.3 Å². The Morgan fingerprint density at radius 1 is 0.632 bits per heavy atom. The number of hydrogen-bond donors (Lipinski definition) is 0. The maximum absolute atomic E-state index is 13.0. The van der Waals surface area contributed by atoms with Gasteiger partial charge in [-0.05, 0) is 51.9 Å². The summed E-state index contributed by atoms with van der Waals surface area (Å²) in [5.74, 6) is -2.38. The first-order chi connectivity index (χ1) is 18.3. The minimum absolute atomic E-state index is 0.00483. The fraction of sp³-hybridized carbons (Fsp3) is 0.679. The Morgan fingerprint density at radius 2 is 1.26 bits per heavy atom. The lowest BCUT2D eigenvalue weighted by molar-refractivity contribution is -0.145. The molecule has 0 N–H and O–H groups in total. The SMILES string of the molecule is CCCCOC(=O)C=CCCCOC(=O)C(CCC(=O)OCCC)=C(CCC(=O)OC)CCC(=O)OCC. The van der Waals surface area contributed by atoms with Crippen LogP contribution in [0.25, 0.3) is 0 Å². The van der Waals surface area contributed by atoms with Crippen LogP contribution in [0.3, 0.4) is 0 Å². The van der Waals surface area contributed by atoms with Gasteiger partial charge in [0.25, 0.3) is 0 Å². The van der Waals surface area contributed by atoms with Crippen LogP contribution in [-0.2, 0) is 47.7 Å². The van der Waals surface area contributed by atoms with Gasteiger partial charge in [0.15, 0.2) is 0 Å². The Labute approximate surface area is 226 Å². The van der Waals surface area contributed by atoms with Gasteiger partial charge in [0.2, 0.25) is 0 Å². The summed E-state index contributed by atoms with van der Waals surface area (Å²) in [7, 11) is 1.27. The Morgan fingerprint density at radius 3 is 1.89 bits per heavy atom. The van der Waals surface area contributed by atoms with E-state index in [1.54, 1.807) is 13.0 Å². The first-order valence-electron chi connectivity index (χ1n) is 13.4. The molecule has 0 aliphatic rings. The van der Waals surface area contributed by atoms with Crippen LogP contribution in [0.5, 0.6) is 0 Å². The van der Waals surface area contributed by atoms with Crippen LogP contribution in [0.1, 0.15) is 91.4 Å². The molecular formula is C28H44O10. The van der Waals surface area contributed by atoms with Crippen LogP contribution in [0, 0.1) is 0 Å². The van der Waals surface area contributed by atoms with Crippen molar-refractivity contribution in [2.45, 2.75) is 91.4 Å². The monoisotopic (exact) mass is 540 g/mol. The van der Waals surface area contributed by atoms with Crippen LogP contribution < -0.4 is 0 Å². The summed E-state index contributed by atoms with van der Waals surface area (Å²) in [5.41, 5.74) is 0.771. The van der Waals surface area contributed by atoms with Gasteiger partial charge in [0.1, 0.15) is 0 Å². The van der Waals surface area contributed by atoms with Gasteiger partial charge in [0, 0.05) is 30.9 Å². The summed E-state index contributed by atoms with van der Waals surface area (Å²) >= 11 is 0. The predicted molar refractivity (Wildman–Crippen MR) is 140 cm³/mol. The minimum atomic E-state index is -0.625. The predicted octanol–water partition coefficient (Wildman–Crippen LogP) is 4.54. The van der Waals surface area contributed by atoms with Crippen molar-refractivity contribution in [2.24, 2.45) is 0 Å². The highest BCUT2D eigenvalue weighted by Gasteiger charge is 2.21. The van der Waals surface area contributed by atoms with Crippen LogP contribution in [0.4, 0.5) is 0 Å². The first-order valence-corrected chi connectivity index (χ1v) is 13.4. The maximum atomic E-state index is 13.0. The van der Waals surface area contributed by atoms with Crippen LogP contribution in [0.15, 0.2) is 23.3 Å². The number of esters is 5. The second-order valence-corrected chi connectivity index (χ2v) is 8.39. The summed E-state index contributed by atoms with van der Waals surface area (Å²) in [6.07, 6.45) is 6.75. The van der Waals surface area contributed by atoms with E-state index in [1.165, 1.54) is 13.2 Å². The molecule has 0 saturated carbocycles. The zero-order chi connectivity index (χ0) is 28.6. The maximum Gasteiger partial charge on any atom is 0.333 e. The molecule has 10 nitrogen and oxygen atoms in total. The highest BCUT2D eigenvalue weighted by molar-refractivity contribution is 5.90. The number of allylic oxidation sites excluding steroid dienone is 2. The van der Waals surface area contributed by atoms with E-state index in [-0.39, 0.29) is 63.9 Å². The lowest BCUT2D eigenvalue weighted by atomic mass is 9.95. The lowest BCUT2D eigenvalue weighted by Gasteiger charge is -2.15. The molecule has 0 unspecified atom stereocenters. The van der Waals surface area contributed by atoms with E-state index in [0.717, 1.165) is 12.8 Å². The van der Waals surface area contributed by atoms with Gasteiger partial charge >= 0.3 is 29.8 Å². The summed E-state index contributed by atoms with van der Waals surface area (Å²) in [5, 5.41) is 0. The number of ether oxygens (including phenoxy) is 5. The third kappa shape index (κ3) is 18.1. The van der Waals surface area contributed by atoms with Gasteiger partial charge in [-0.2, -0.15) is 0 Å². The quantitative estimate of drug-likeness (QED) is 0.0885. The largest absolute Gasteiger partial charge is 0.469 e. The molecule has 0 atom stereocenters. The van der Waals surface area contributed by atoms with Gasteiger partial charge in [-0.3, -0.25) is 14.4 Å². The molecule has 0 amide bonds. The molecule has 0 radical (unpaired) electrons. The van der Waals surface area contributed by atoms with Crippen molar-refractivity contribution in [3.8, 4) is 0 Å². The standard InChI is InChI=1S/C28H44O10/c1-5-8-20-37-25(30)12-10-9-11-21-38-28(33)23(15-18-27(32)36-19-6-2)22(13-16-24(29)34-4)14-17-26(31)35-7-3/h10,12H,5-9,11,13-21H2,1-4H3. The van der Waals surface area contributed by atoms with Crippen molar-refractivity contribution in [2.75, 3.05) is 33.5 Å². The van der Waals surface area contributed by atoms with E-state index >= 15 is 0 Å². The van der Waals surface area contributed by atoms with Crippen LogP contribution in [0.2, 0.25) is 0 Å². The van der Waals surface area contributed by atoms with E-state index in [2.05, 4.69) is 0 Å². The molecule has 0 aliphatic carbocycles. The summed E-state index contributed by atoms with van der Waals surface area (Å²) in [6.45, 7) is 6.55. The van der Waals surface area contributed by atoms with Crippen molar-refractivity contribution < 1.29 is 47.7 Å². The molecule has 0 spiro atoms. The molecule has 10 heteroatoms. The third-order valence-electron chi connectivity index (χ3n) is 5.26. The zero-order valence-corrected chi connectivity index (χ0v) is 23.3. The highest BCUT2D eigenvalue weighted by atomic mass is 16.5. The molecule has 0 aromatic carbocycles. The second-order valence-electron chi connectivity index (χ2n) is 8.39. The van der Waals surface area contributed by atoms with Gasteiger partial charge in [-0.1, -0.05) is 31.9 Å². The molecule has 0 heterocycles. The average Bonchev–Trinajstić information content (AvgIpc) is 2.90. The molecule has 0 aromatic heterocycles. The lowest BCUT2D eigenvalue weighted by Crippen LogP contribution is -2.15. The summed E-state index contributed by atoms with van der Waals surface area (Å²) in [6, 6.07) is 0. The van der Waals surface area contributed by atoms with E-state index in [0.29, 0.717) is 31.4 Å². The van der Waals surface area contributed by atoms with E-state index in [4.69, 9.17) is 23.7 Å². The molecule has 38 heavy (non-hydrogen) atoms. The molecule has 0 saturated heterocycles. The normalized spacial score (nSPS) is 11.5. The van der Waals surface area contributed by atoms with Crippen molar-refractivity contribution in [1.29, 1.82) is 0 Å². The molecular weight excluding hydrogens is 496 g/mol. The average molecular weight is 541 g/mol. The molecule has 0 aliphatic heterocycles. The molecule has 0 aromatic rings. The zero-order valence-electron chi connectivity index (χ0n) is 23.3. The minimum Gasteiger partial charge on any atom is -0.469 e. The smallest absolute Gasteiger partial charge is 0.333 e. The van der Waals surface area contributed by atoms with Gasteiger partial charge in [-0.25, -0.2) is 9.59 Å². The highest BCUT2D eigenvalue weighted by Crippen LogP contribution is 2.24. The molecule has 0 bridgehead atoms. The van der Waals surface area contributed by atoms with Crippen molar-refractivity contribution in [1.82, 2.24) is 0 Å². The number of unbranched alkanes of at least 4 members (excludes halogenated alkanes) is 2. The topological polar surface area (TPSA) is 132 Å². The molecule has 0 fully saturated rings. The van der Waals surface area contributed by atoms with Crippen molar-refractivity contribution in [3.63, 3.8) is 0 Å². The van der Waals surface area contributed by atoms with E-state index in [9.17, 15) is 24.0 Å². The fourth-order valence-electron chi connectivity index (χ4n) is 3.20.